The monoisotopic (exact) mass is 228 g/mol. The summed E-state index contributed by atoms with van der Waals surface area (Å²) in [5.74, 6) is 1.05. The molecule has 0 atom stereocenters. The van der Waals surface area contributed by atoms with Crippen molar-refractivity contribution in [3.63, 3.8) is 0 Å². The molecular weight excluding hydrogens is 212 g/mol. The van der Waals surface area contributed by atoms with Gasteiger partial charge in [0, 0.05) is 10.6 Å². The molecule has 0 nitrogen and oxygen atoms in total. The lowest BCUT2D eigenvalue weighted by Gasteiger charge is -2.03. The molecule has 0 N–H and O–H groups in total. The van der Waals surface area contributed by atoms with Gasteiger partial charge in [-0.05, 0) is 29.7 Å². The van der Waals surface area contributed by atoms with Gasteiger partial charge in [-0.2, -0.15) is 0 Å². The van der Waals surface area contributed by atoms with E-state index in [0.29, 0.717) is 0 Å². The van der Waals surface area contributed by atoms with Crippen molar-refractivity contribution in [2.45, 2.75) is 24.0 Å². The van der Waals surface area contributed by atoms with Gasteiger partial charge in [-0.15, -0.1) is 11.8 Å². The molecule has 0 saturated heterocycles. The van der Waals surface area contributed by atoms with E-state index in [2.05, 4.69) is 61.5 Å². The highest BCUT2D eigenvalue weighted by Gasteiger charge is 1.96. The summed E-state index contributed by atoms with van der Waals surface area (Å²) in [7, 11) is 0. The van der Waals surface area contributed by atoms with Gasteiger partial charge < -0.3 is 0 Å². The first-order valence-corrected chi connectivity index (χ1v) is 6.62. The van der Waals surface area contributed by atoms with Gasteiger partial charge in [0.15, 0.2) is 0 Å². The average molecular weight is 228 g/mol. The second-order valence-corrected chi connectivity index (χ2v) is 4.82. The minimum Gasteiger partial charge on any atom is -0.121 e. The van der Waals surface area contributed by atoms with Gasteiger partial charge in [-0.1, -0.05) is 49.4 Å². The average Bonchev–Trinajstić information content (AvgIpc) is 2.38. The van der Waals surface area contributed by atoms with Crippen LogP contribution in [0.4, 0.5) is 0 Å². The summed E-state index contributed by atoms with van der Waals surface area (Å²) in [5.41, 5.74) is 2.80. The molecule has 0 aliphatic carbocycles. The summed E-state index contributed by atoms with van der Waals surface area (Å²) in [5, 5.41) is 0. The van der Waals surface area contributed by atoms with Crippen LogP contribution in [0.1, 0.15) is 18.1 Å². The Morgan fingerprint density at radius 1 is 0.875 bits per heavy atom. The van der Waals surface area contributed by atoms with Crippen LogP contribution in [0.2, 0.25) is 0 Å². The molecule has 2 rings (SSSR count). The molecule has 0 fully saturated rings. The summed E-state index contributed by atoms with van der Waals surface area (Å²) in [6.45, 7) is 2.20. The fourth-order valence-electron chi connectivity index (χ4n) is 1.60. The molecule has 0 unspecified atom stereocenters. The van der Waals surface area contributed by atoms with Crippen molar-refractivity contribution in [2.24, 2.45) is 0 Å². The first-order chi connectivity index (χ1) is 7.88. The Hall–Kier alpha value is -1.21. The smallest absolute Gasteiger partial charge is 0.0231 e. The molecule has 2 aromatic carbocycles. The number of hydrogen-bond donors (Lipinski definition) is 0. The number of benzene rings is 2. The Balaban J connectivity index is 1.99. The molecule has 0 aliphatic heterocycles. The maximum Gasteiger partial charge on any atom is 0.0231 e. The normalized spacial score (nSPS) is 10.3. The van der Waals surface area contributed by atoms with E-state index in [1.165, 1.54) is 16.0 Å². The van der Waals surface area contributed by atoms with E-state index in [1.807, 2.05) is 11.8 Å². The first kappa shape index (κ1) is 11.3. The third kappa shape index (κ3) is 3.14. The van der Waals surface area contributed by atoms with E-state index >= 15 is 0 Å². The highest BCUT2D eigenvalue weighted by atomic mass is 32.2. The van der Waals surface area contributed by atoms with Crippen LogP contribution in [0, 0.1) is 0 Å². The molecule has 0 saturated carbocycles. The molecule has 16 heavy (non-hydrogen) atoms. The lowest BCUT2D eigenvalue weighted by Crippen LogP contribution is -1.82. The number of aryl methyl sites for hydroxylation is 1. The van der Waals surface area contributed by atoms with Crippen LogP contribution in [0.25, 0.3) is 0 Å². The Kier molecular flexibility index (Phi) is 4.06. The third-order valence-corrected chi connectivity index (χ3v) is 3.62. The fraction of sp³-hybridized carbons (Fsp3) is 0.200. The molecule has 1 heteroatoms. The third-order valence-electron chi connectivity index (χ3n) is 2.56. The largest absolute Gasteiger partial charge is 0.121 e. The van der Waals surface area contributed by atoms with E-state index in [0.717, 1.165) is 12.2 Å². The summed E-state index contributed by atoms with van der Waals surface area (Å²) in [6, 6.07) is 19.4. The van der Waals surface area contributed by atoms with Crippen LogP contribution in [0.3, 0.4) is 0 Å². The van der Waals surface area contributed by atoms with Gasteiger partial charge in [-0.3, -0.25) is 0 Å². The van der Waals surface area contributed by atoms with Gasteiger partial charge in [0.05, 0.1) is 0 Å². The highest BCUT2D eigenvalue weighted by Crippen LogP contribution is 2.23. The fourth-order valence-corrected chi connectivity index (χ4v) is 2.53. The quantitative estimate of drug-likeness (QED) is 0.692. The molecular formula is C15H16S. The zero-order valence-corrected chi connectivity index (χ0v) is 10.3. The van der Waals surface area contributed by atoms with E-state index in [9.17, 15) is 0 Å². The maximum absolute atomic E-state index is 2.29. The minimum atomic E-state index is 1.05. The number of thioether (sulfide) groups is 1. The van der Waals surface area contributed by atoms with Crippen LogP contribution in [-0.4, -0.2) is 0 Å². The van der Waals surface area contributed by atoms with Crippen molar-refractivity contribution in [2.75, 3.05) is 0 Å². The van der Waals surface area contributed by atoms with Crippen molar-refractivity contribution in [3.8, 4) is 0 Å². The summed E-state index contributed by atoms with van der Waals surface area (Å²) >= 11 is 1.90. The Labute approximate surface area is 102 Å². The Bertz CT molecular complexity index is 434. The lowest BCUT2D eigenvalue weighted by atomic mass is 10.2. The van der Waals surface area contributed by atoms with Crippen molar-refractivity contribution < 1.29 is 0 Å². The predicted molar refractivity (Wildman–Crippen MR) is 71.8 cm³/mol. The van der Waals surface area contributed by atoms with Crippen molar-refractivity contribution >= 4 is 11.8 Å². The second-order valence-electron chi connectivity index (χ2n) is 3.78. The van der Waals surface area contributed by atoms with Crippen molar-refractivity contribution in [1.29, 1.82) is 0 Å². The predicted octanol–water partition coefficient (Wildman–Crippen LogP) is 4.54. The summed E-state index contributed by atoms with van der Waals surface area (Å²) < 4.78 is 0. The first-order valence-electron chi connectivity index (χ1n) is 5.64. The van der Waals surface area contributed by atoms with Crippen LogP contribution < -0.4 is 0 Å². The summed E-state index contributed by atoms with van der Waals surface area (Å²) in [4.78, 5) is 1.36. The molecule has 0 aromatic heterocycles. The Morgan fingerprint density at radius 3 is 2.38 bits per heavy atom. The van der Waals surface area contributed by atoms with E-state index < -0.39 is 0 Å². The number of rotatable bonds is 4. The van der Waals surface area contributed by atoms with Crippen LogP contribution in [0.5, 0.6) is 0 Å². The maximum atomic E-state index is 2.29. The Morgan fingerprint density at radius 2 is 1.62 bits per heavy atom. The van der Waals surface area contributed by atoms with Gasteiger partial charge in [0.25, 0.3) is 0 Å². The minimum absolute atomic E-state index is 1.05. The van der Waals surface area contributed by atoms with Crippen molar-refractivity contribution in [3.05, 3.63) is 65.7 Å². The topological polar surface area (TPSA) is 0 Å². The van der Waals surface area contributed by atoms with Gasteiger partial charge in [-0.25, -0.2) is 0 Å². The molecule has 0 amide bonds. The standard InChI is InChI=1S/C15H16S/c1-2-13-9-6-10-15(11-13)16-12-14-7-4-3-5-8-14/h3-11H,2,12H2,1H3. The van der Waals surface area contributed by atoms with Gasteiger partial charge >= 0.3 is 0 Å². The van der Waals surface area contributed by atoms with E-state index in [-0.39, 0.29) is 0 Å². The molecule has 0 aliphatic rings. The molecule has 2 aromatic rings. The highest BCUT2D eigenvalue weighted by molar-refractivity contribution is 7.98. The van der Waals surface area contributed by atoms with Crippen LogP contribution >= 0.6 is 11.8 Å². The zero-order valence-electron chi connectivity index (χ0n) is 9.52. The zero-order chi connectivity index (χ0) is 11.2. The van der Waals surface area contributed by atoms with E-state index in [4.69, 9.17) is 0 Å². The SMILES string of the molecule is CCc1cccc(SCc2ccccc2)c1. The molecule has 0 heterocycles. The van der Waals surface area contributed by atoms with Crippen LogP contribution in [-0.2, 0) is 12.2 Å². The van der Waals surface area contributed by atoms with Gasteiger partial charge in [0.1, 0.15) is 0 Å². The van der Waals surface area contributed by atoms with Crippen LogP contribution in [0.15, 0.2) is 59.5 Å². The molecule has 0 radical (unpaired) electrons. The summed E-state index contributed by atoms with van der Waals surface area (Å²) in [6.07, 6.45) is 1.11. The van der Waals surface area contributed by atoms with E-state index in [1.54, 1.807) is 0 Å². The molecule has 0 spiro atoms. The number of hydrogen-bond acceptors (Lipinski definition) is 1. The van der Waals surface area contributed by atoms with Crippen molar-refractivity contribution in [1.82, 2.24) is 0 Å². The van der Waals surface area contributed by atoms with Gasteiger partial charge in [0.2, 0.25) is 0 Å². The molecule has 82 valence electrons. The lowest BCUT2D eigenvalue weighted by molar-refractivity contribution is 1.12. The second kappa shape index (κ2) is 5.76. The molecule has 0 bridgehead atoms.